The van der Waals surface area contributed by atoms with Crippen LogP contribution in [0.4, 0.5) is 51.2 Å². The topological polar surface area (TPSA) is 9.72 Å². The summed E-state index contributed by atoms with van der Waals surface area (Å²) in [6.45, 7) is 13.1. The lowest BCUT2D eigenvalue weighted by Gasteiger charge is -2.33. The third-order valence-corrected chi connectivity index (χ3v) is 9.95. The van der Waals surface area contributed by atoms with Crippen LogP contribution in [0.2, 0.25) is 0 Å². The molecule has 3 nitrogen and oxygen atoms in total. The summed E-state index contributed by atoms with van der Waals surface area (Å²) in [6.07, 6.45) is 0. The van der Waals surface area contributed by atoms with Crippen LogP contribution in [-0.2, 0) is 0 Å². The zero-order valence-electron chi connectivity index (χ0n) is 30.4. The minimum Gasteiger partial charge on any atom is -0.310 e. The van der Waals surface area contributed by atoms with Crippen molar-refractivity contribution < 1.29 is 0 Å². The fourth-order valence-electron chi connectivity index (χ4n) is 6.63. The maximum absolute atomic E-state index is 2.38. The molecule has 252 valence electrons. The van der Waals surface area contributed by atoms with Gasteiger partial charge >= 0.3 is 0 Å². The maximum atomic E-state index is 2.38. The van der Waals surface area contributed by atoms with Crippen LogP contribution >= 0.6 is 0 Å². The van der Waals surface area contributed by atoms with Crippen LogP contribution in [0.5, 0.6) is 0 Å². The highest BCUT2D eigenvalue weighted by Gasteiger charge is 2.22. The SMILES string of the molecule is Cc1ccc(N(c2ccccc2)c2cc(N(c3ccccc3)c3ccc(C)c(C)c3)cc(N(c3ccccc3)c3ccc(C)c(C)c3)c2)cc1C. The predicted octanol–water partition coefficient (Wildman–Crippen LogP) is 13.9. The molecule has 0 heterocycles. The van der Waals surface area contributed by atoms with E-state index in [4.69, 9.17) is 0 Å². The Morgan fingerprint density at radius 1 is 0.216 bits per heavy atom. The Labute approximate surface area is 303 Å². The van der Waals surface area contributed by atoms with E-state index < -0.39 is 0 Å². The summed E-state index contributed by atoms with van der Waals surface area (Å²) < 4.78 is 0. The molecule has 0 aliphatic heterocycles. The lowest BCUT2D eigenvalue weighted by atomic mass is 10.0. The lowest BCUT2D eigenvalue weighted by molar-refractivity contribution is 1.20. The number of rotatable bonds is 9. The second kappa shape index (κ2) is 14.4. The molecule has 0 bridgehead atoms. The van der Waals surface area contributed by atoms with Gasteiger partial charge in [-0.25, -0.2) is 0 Å². The van der Waals surface area contributed by atoms with E-state index in [0.717, 1.165) is 51.2 Å². The van der Waals surface area contributed by atoms with Gasteiger partial charge < -0.3 is 14.7 Å². The Balaban J connectivity index is 1.56. The van der Waals surface area contributed by atoms with E-state index in [1.165, 1.54) is 33.4 Å². The van der Waals surface area contributed by atoms with E-state index in [1.807, 2.05) is 0 Å². The van der Waals surface area contributed by atoms with Gasteiger partial charge in [0, 0.05) is 34.1 Å². The van der Waals surface area contributed by atoms with Crippen molar-refractivity contribution in [3.63, 3.8) is 0 Å². The van der Waals surface area contributed by atoms with Crippen LogP contribution < -0.4 is 14.7 Å². The van der Waals surface area contributed by atoms with Gasteiger partial charge in [0.1, 0.15) is 0 Å². The van der Waals surface area contributed by atoms with Crippen LogP contribution in [0.3, 0.4) is 0 Å². The molecule has 51 heavy (non-hydrogen) atoms. The van der Waals surface area contributed by atoms with Gasteiger partial charge in [-0.1, -0.05) is 72.8 Å². The maximum Gasteiger partial charge on any atom is 0.0503 e. The van der Waals surface area contributed by atoms with Crippen molar-refractivity contribution in [2.24, 2.45) is 0 Å². The first-order valence-corrected chi connectivity index (χ1v) is 17.7. The predicted molar refractivity (Wildman–Crippen MR) is 219 cm³/mol. The zero-order valence-corrected chi connectivity index (χ0v) is 30.4. The molecule has 7 aromatic rings. The lowest BCUT2D eigenvalue weighted by Crippen LogP contribution is -2.16. The Morgan fingerprint density at radius 2 is 0.471 bits per heavy atom. The Kier molecular flexibility index (Phi) is 9.46. The Morgan fingerprint density at radius 3 is 0.706 bits per heavy atom. The monoisotopic (exact) mass is 663 g/mol. The van der Waals surface area contributed by atoms with Crippen molar-refractivity contribution in [1.82, 2.24) is 0 Å². The molecule has 0 aliphatic rings. The Hall–Kier alpha value is -6.06. The largest absolute Gasteiger partial charge is 0.310 e. The second-order valence-corrected chi connectivity index (χ2v) is 13.5. The van der Waals surface area contributed by atoms with Crippen LogP contribution in [0, 0.1) is 41.5 Å². The van der Waals surface area contributed by atoms with E-state index in [2.05, 4.69) is 220 Å². The highest BCUT2D eigenvalue weighted by molar-refractivity contribution is 5.89. The Bertz CT molecular complexity index is 2010. The summed E-state index contributed by atoms with van der Waals surface area (Å²) in [5, 5.41) is 0. The summed E-state index contributed by atoms with van der Waals surface area (Å²) >= 11 is 0. The average Bonchev–Trinajstić information content (AvgIpc) is 3.14. The van der Waals surface area contributed by atoms with Gasteiger partial charge in [-0.15, -0.1) is 0 Å². The first-order valence-electron chi connectivity index (χ1n) is 17.7. The number of anilines is 9. The molecular formula is C48H45N3. The molecule has 7 aromatic carbocycles. The van der Waals surface area contributed by atoms with Gasteiger partial charge in [-0.3, -0.25) is 0 Å². The average molecular weight is 664 g/mol. The highest BCUT2D eigenvalue weighted by Crippen LogP contribution is 2.46. The van der Waals surface area contributed by atoms with E-state index in [0.29, 0.717) is 0 Å². The molecule has 0 aromatic heterocycles. The molecule has 0 radical (unpaired) electrons. The molecule has 0 saturated heterocycles. The summed E-state index contributed by atoms with van der Waals surface area (Å²) in [4.78, 5) is 7.14. The minimum absolute atomic E-state index is 1.06. The molecule has 0 atom stereocenters. The summed E-state index contributed by atoms with van der Waals surface area (Å²) in [6, 6.07) is 59.4. The molecule has 0 unspecified atom stereocenters. The molecule has 3 heteroatoms. The molecule has 0 N–H and O–H groups in total. The fourth-order valence-corrected chi connectivity index (χ4v) is 6.63. The van der Waals surface area contributed by atoms with Gasteiger partial charge in [0.25, 0.3) is 0 Å². The van der Waals surface area contributed by atoms with E-state index in [-0.39, 0.29) is 0 Å². The summed E-state index contributed by atoms with van der Waals surface area (Å²) in [5.74, 6) is 0. The summed E-state index contributed by atoms with van der Waals surface area (Å²) in [5.41, 5.74) is 17.4. The molecular weight excluding hydrogens is 619 g/mol. The number of aryl methyl sites for hydroxylation is 6. The van der Waals surface area contributed by atoms with Crippen molar-refractivity contribution in [3.8, 4) is 0 Å². The van der Waals surface area contributed by atoms with Crippen LogP contribution in [0.15, 0.2) is 164 Å². The van der Waals surface area contributed by atoms with Gasteiger partial charge in [-0.2, -0.15) is 0 Å². The summed E-state index contributed by atoms with van der Waals surface area (Å²) in [7, 11) is 0. The molecule has 7 rings (SSSR count). The van der Waals surface area contributed by atoms with Crippen LogP contribution in [0.1, 0.15) is 33.4 Å². The van der Waals surface area contributed by atoms with Gasteiger partial charge in [0.2, 0.25) is 0 Å². The number of para-hydroxylation sites is 3. The van der Waals surface area contributed by atoms with E-state index in [1.54, 1.807) is 0 Å². The third kappa shape index (κ3) is 7.02. The van der Waals surface area contributed by atoms with E-state index in [9.17, 15) is 0 Å². The molecule has 0 aliphatic carbocycles. The molecule has 0 saturated carbocycles. The van der Waals surface area contributed by atoms with E-state index >= 15 is 0 Å². The van der Waals surface area contributed by atoms with Gasteiger partial charge in [-0.05, 0) is 166 Å². The quantitative estimate of drug-likeness (QED) is 0.152. The van der Waals surface area contributed by atoms with Crippen LogP contribution in [0.25, 0.3) is 0 Å². The van der Waals surface area contributed by atoms with Crippen molar-refractivity contribution in [3.05, 3.63) is 197 Å². The van der Waals surface area contributed by atoms with Crippen LogP contribution in [-0.4, -0.2) is 0 Å². The standard InChI is InChI=1S/C48H45N3/c1-34-22-25-43(28-37(34)4)49(40-16-10-7-11-17-40)46-31-47(50(41-18-12-8-13-19-41)44-26-23-35(2)38(5)29-44)33-48(32-46)51(42-20-14-9-15-21-42)45-27-24-36(3)39(6)30-45/h7-33H,1-6H3. The van der Waals surface area contributed by atoms with Gasteiger partial charge in [0.15, 0.2) is 0 Å². The highest BCUT2D eigenvalue weighted by atomic mass is 15.2. The van der Waals surface area contributed by atoms with Crippen molar-refractivity contribution in [1.29, 1.82) is 0 Å². The zero-order chi connectivity index (χ0) is 35.5. The smallest absolute Gasteiger partial charge is 0.0503 e. The second-order valence-electron chi connectivity index (χ2n) is 13.5. The molecule has 0 fully saturated rings. The first-order chi connectivity index (χ1) is 24.8. The van der Waals surface area contributed by atoms with Crippen molar-refractivity contribution in [2.75, 3.05) is 14.7 Å². The van der Waals surface area contributed by atoms with Crippen molar-refractivity contribution in [2.45, 2.75) is 41.5 Å². The number of hydrogen-bond acceptors (Lipinski definition) is 3. The third-order valence-electron chi connectivity index (χ3n) is 9.95. The minimum atomic E-state index is 1.06. The molecule has 0 amide bonds. The molecule has 0 spiro atoms. The number of nitrogens with zero attached hydrogens (tertiary/aromatic N) is 3. The fraction of sp³-hybridized carbons (Fsp3) is 0.125. The first kappa shape index (κ1) is 33.4. The van der Waals surface area contributed by atoms with Gasteiger partial charge in [0.05, 0.1) is 17.1 Å². The number of hydrogen-bond donors (Lipinski definition) is 0. The normalized spacial score (nSPS) is 10.9. The van der Waals surface area contributed by atoms with Crippen molar-refractivity contribution >= 4 is 51.2 Å². The number of benzene rings is 7.